The number of halogens is 1. The molecule has 1 heterocycles. The molecule has 4 aromatic rings. The number of benzene rings is 3. The van der Waals surface area contributed by atoms with Crippen LogP contribution in [0.1, 0.15) is 28.3 Å². The van der Waals surface area contributed by atoms with Gasteiger partial charge in [-0.15, -0.1) is 0 Å². The molecular weight excluding hydrogens is 457 g/mol. The molecule has 0 saturated heterocycles. The van der Waals surface area contributed by atoms with Crippen LogP contribution in [0, 0.1) is 19.7 Å². The van der Waals surface area contributed by atoms with Gasteiger partial charge in [0, 0.05) is 29.1 Å². The van der Waals surface area contributed by atoms with Crippen molar-refractivity contribution < 1.29 is 19.1 Å². The number of carbonyl (C=O) groups is 2. The molecule has 6 nitrogen and oxygen atoms in total. The Morgan fingerprint density at radius 1 is 0.861 bits per heavy atom. The van der Waals surface area contributed by atoms with E-state index in [9.17, 15) is 14.7 Å². The van der Waals surface area contributed by atoms with E-state index in [1.54, 1.807) is 18.3 Å². The number of aromatic nitrogens is 1. The molecule has 2 amide bonds. The maximum absolute atomic E-state index is 15.1. The number of carbonyl (C=O) groups excluding carboxylic acids is 1. The van der Waals surface area contributed by atoms with Crippen LogP contribution >= 0.6 is 0 Å². The normalized spacial score (nSPS) is 11.7. The highest BCUT2D eigenvalue weighted by atomic mass is 19.1. The predicted octanol–water partition coefficient (Wildman–Crippen LogP) is 5.91. The lowest BCUT2D eigenvalue weighted by molar-refractivity contribution is -0.118. The lowest BCUT2D eigenvalue weighted by Crippen LogP contribution is -2.47. The number of hydrogen-bond donors (Lipinski definition) is 3. The van der Waals surface area contributed by atoms with E-state index >= 15 is 4.39 Å². The zero-order valence-electron chi connectivity index (χ0n) is 19.9. The fraction of sp³-hybridized carbons (Fsp3) is 0.138. The number of pyridine rings is 1. The van der Waals surface area contributed by atoms with Crippen molar-refractivity contribution in [3.63, 3.8) is 0 Å². The summed E-state index contributed by atoms with van der Waals surface area (Å²) < 4.78 is 15.1. The standard InChI is InChI=1S/C29H26FN3O3/c1-18-17-31-19(2)15-24(18)23-14-13-22(16-25(23)30)32-28(34)27(33-29(35)36)26(20-9-5-3-6-10-20)21-11-7-4-8-12-21/h3-17,26-27,33H,1-2H3,(H,32,34)(H,35,36). The maximum atomic E-state index is 15.1. The minimum Gasteiger partial charge on any atom is -0.465 e. The van der Waals surface area contributed by atoms with E-state index in [4.69, 9.17) is 0 Å². The number of anilines is 1. The van der Waals surface area contributed by atoms with Gasteiger partial charge < -0.3 is 15.7 Å². The smallest absolute Gasteiger partial charge is 0.405 e. The van der Waals surface area contributed by atoms with Crippen molar-refractivity contribution in [2.75, 3.05) is 5.32 Å². The fourth-order valence-corrected chi connectivity index (χ4v) is 4.28. The van der Waals surface area contributed by atoms with Gasteiger partial charge in [0.1, 0.15) is 11.9 Å². The zero-order chi connectivity index (χ0) is 25.7. The molecular formula is C29H26FN3O3. The molecule has 0 fully saturated rings. The van der Waals surface area contributed by atoms with Crippen molar-refractivity contribution in [2.45, 2.75) is 25.8 Å². The molecule has 1 aromatic heterocycles. The Morgan fingerprint density at radius 3 is 2.03 bits per heavy atom. The molecule has 182 valence electrons. The molecule has 4 rings (SSSR count). The highest BCUT2D eigenvalue weighted by Gasteiger charge is 2.32. The van der Waals surface area contributed by atoms with Crippen molar-refractivity contribution in [3.8, 4) is 11.1 Å². The first-order chi connectivity index (χ1) is 17.3. The molecule has 3 aromatic carbocycles. The number of rotatable bonds is 7. The molecule has 3 N–H and O–H groups in total. The van der Waals surface area contributed by atoms with Gasteiger partial charge in [-0.3, -0.25) is 9.78 Å². The van der Waals surface area contributed by atoms with Crippen molar-refractivity contribution in [2.24, 2.45) is 0 Å². The highest BCUT2D eigenvalue weighted by Crippen LogP contribution is 2.31. The Balaban J connectivity index is 1.67. The number of nitrogens with zero attached hydrogens (tertiary/aromatic N) is 1. The summed E-state index contributed by atoms with van der Waals surface area (Å²) in [5.41, 5.74) is 4.46. The molecule has 36 heavy (non-hydrogen) atoms. The van der Waals surface area contributed by atoms with Gasteiger partial charge in [-0.25, -0.2) is 9.18 Å². The summed E-state index contributed by atoms with van der Waals surface area (Å²) in [6, 6.07) is 23.5. The molecule has 0 saturated carbocycles. The second kappa shape index (κ2) is 10.8. The molecule has 1 atom stereocenters. The third-order valence-corrected chi connectivity index (χ3v) is 5.98. The third-order valence-electron chi connectivity index (χ3n) is 5.98. The van der Waals surface area contributed by atoms with Gasteiger partial charge in [0.05, 0.1) is 0 Å². The van der Waals surface area contributed by atoms with E-state index in [0.717, 1.165) is 27.9 Å². The van der Waals surface area contributed by atoms with Crippen molar-refractivity contribution in [1.29, 1.82) is 0 Å². The lowest BCUT2D eigenvalue weighted by atomic mass is 9.84. The van der Waals surface area contributed by atoms with Crippen LogP contribution in [0.3, 0.4) is 0 Å². The molecule has 7 heteroatoms. The van der Waals surface area contributed by atoms with Gasteiger partial charge in [-0.1, -0.05) is 60.7 Å². The van der Waals surface area contributed by atoms with Gasteiger partial charge >= 0.3 is 6.09 Å². The van der Waals surface area contributed by atoms with Crippen molar-refractivity contribution >= 4 is 17.7 Å². The second-order valence-electron chi connectivity index (χ2n) is 8.55. The maximum Gasteiger partial charge on any atom is 0.405 e. The Bertz CT molecular complexity index is 1340. The Labute approximate surface area is 208 Å². The highest BCUT2D eigenvalue weighted by molar-refractivity contribution is 5.97. The van der Waals surface area contributed by atoms with Crippen molar-refractivity contribution in [1.82, 2.24) is 10.3 Å². The predicted molar refractivity (Wildman–Crippen MR) is 137 cm³/mol. The van der Waals surface area contributed by atoms with Crippen LogP contribution in [0.2, 0.25) is 0 Å². The van der Waals surface area contributed by atoms with E-state index in [1.807, 2.05) is 80.6 Å². The number of aryl methyl sites for hydroxylation is 2. The number of carboxylic acid groups (broad SMARTS) is 1. The minimum absolute atomic E-state index is 0.224. The van der Waals surface area contributed by atoms with Gasteiger partial charge in [0.2, 0.25) is 5.91 Å². The monoisotopic (exact) mass is 483 g/mol. The van der Waals surface area contributed by atoms with Gasteiger partial charge in [-0.2, -0.15) is 0 Å². The van der Waals surface area contributed by atoms with E-state index in [1.165, 1.54) is 6.07 Å². The van der Waals surface area contributed by atoms with Crippen LogP contribution in [0.25, 0.3) is 11.1 Å². The van der Waals surface area contributed by atoms with E-state index in [-0.39, 0.29) is 5.69 Å². The number of amides is 2. The number of nitrogens with one attached hydrogen (secondary N) is 2. The van der Waals surface area contributed by atoms with Gasteiger partial charge in [0.25, 0.3) is 0 Å². The van der Waals surface area contributed by atoms with Crippen LogP contribution in [0.15, 0.2) is 91.1 Å². The Morgan fingerprint density at radius 2 is 1.47 bits per heavy atom. The zero-order valence-corrected chi connectivity index (χ0v) is 19.9. The first kappa shape index (κ1) is 24.6. The summed E-state index contributed by atoms with van der Waals surface area (Å²) in [6.07, 6.45) is 0.354. The summed E-state index contributed by atoms with van der Waals surface area (Å²) in [5, 5.41) is 14.6. The van der Waals surface area contributed by atoms with Gasteiger partial charge in [0.15, 0.2) is 0 Å². The average Bonchev–Trinajstić information content (AvgIpc) is 2.86. The van der Waals surface area contributed by atoms with Crippen LogP contribution in [-0.4, -0.2) is 28.1 Å². The first-order valence-corrected chi connectivity index (χ1v) is 11.5. The van der Waals surface area contributed by atoms with Crippen LogP contribution in [0.4, 0.5) is 14.9 Å². The quantitative estimate of drug-likeness (QED) is 0.305. The van der Waals surface area contributed by atoms with Crippen LogP contribution < -0.4 is 10.6 Å². The summed E-state index contributed by atoms with van der Waals surface area (Å²) in [4.78, 5) is 29.4. The first-order valence-electron chi connectivity index (χ1n) is 11.5. The minimum atomic E-state index is -1.34. The van der Waals surface area contributed by atoms with Crippen molar-refractivity contribution in [3.05, 3.63) is 119 Å². The Hall–Kier alpha value is -4.52. The molecule has 1 unspecified atom stereocenters. The van der Waals surface area contributed by atoms with Gasteiger partial charge in [-0.05, 0) is 60.4 Å². The molecule has 0 bridgehead atoms. The van der Waals surface area contributed by atoms with Crippen LogP contribution in [0.5, 0.6) is 0 Å². The largest absolute Gasteiger partial charge is 0.465 e. The summed E-state index contributed by atoms with van der Waals surface area (Å²) >= 11 is 0. The summed E-state index contributed by atoms with van der Waals surface area (Å²) in [7, 11) is 0. The van der Waals surface area contributed by atoms with E-state index in [2.05, 4.69) is 15.6 Å². The molecule has 0 aliphatic heterocycles. The fourth-order valence-electron chi connectivity index (χ4n) is 4.28. The molecule has 0 aliphatic rings. The average molecular weight is 484 g/mol. The Kier molecular flexibility index (Phi) is 7.39. The molecule has 0 spiro atoms. The number of hydrogen-bond acceptors (Lipinski definition) is 3. The second-order valence-corrected chi connectivity index (χ2v) is 8.55. The summed E-state index contributed by atoms with van der Waals surface area (Å²) in [5.74, 6) is -1.71. The van der Waals surface area contributed by atoms with E-state index < -0.39 is 29.8 Å². The van der Waals surface area contributed by atoms with Crippen LogP contribution in [-0.2, 0) is 4.79 Å². The molecule has 0 aliphatic carbocycles. The molecule has 0 radical (unpaired) electrons. The lowest BCUT2D eigenvalue weighted by Gasteiger charge is -2.27. The SMILES string of the molecule is Cc1cc(-c2ccc(NC(=O)C(NC(=O)O)C(c3ccccc3)c3ccccc3)cc2F)c(C)cn1. The summed E-state index contributed by atoms with van der Waals surface area (Å²) in [6.45, 7) is 3.69. The third kappa shape index (κ3) is 5.58. The topological polar surface area (TPSA) is 91.3 Å². The van der Waals surface area contributed by atoms with E-state index in [0.29, 0.717) is 5.56 Å².